The molecule has 1 aliphatic rings. The lowest BCUT2D eigenvalue weighted by Gasteiger charge is -2.18. The number of carbonyl (C=O) groups excluding carboxylic acids is 2. The predicted molar refractivity (Wildman–Crippen MR) is 93.4 cm³/mol. The van der Waals surface area contributed by atoms with E-state index in [0.29, 0.717) is 5.69 Å². The molecule has 1 aliphatic heterocycles. The normalized spacial score (nSPS) is 17.3. The highest BCUT2D eigenvalue weighted by atomic mass is 16.5. The van der Waals surface area contributed by atoms with Gasteiger partial charge in [-0.2, -0.15) is 0 Å². The summed E-state index contributed by atoms with van der Waals surface area (Å²) in [6.07, 6.45) is 0.151. The molecule has 0 radical (unpaired) electrons. The van der Waals surface area contributed by atoms with E-state index in [0.717, 1.165) is 22.6 Å². The van der Waals surface area contributed by atoms with Gasteiger partial charge >= 0.3 is 0 Å². The maximum atomic E-state index is 12.7. The van der Waals surface area contributed by atoms with Crippen molar-refractivity contribution in [2.75, 3.05) is 17.3 Å². The Hall–Kier alpha value is -2.82. The van der Waals surface area contributed by atoms with E-state index in [-0.39, 0.29) is 18.2 Å². The first-order valence-electron chi connectivity index (χ1n) is 7.84. The van der Waals surface area contributed by atoms with Gasteiger partial charge in [0.2, 0.25) is 5.91 Å². The summed E-state index contributed by atoms with van der Waals surface area (Å²) in [6, 6.07) is 12.5. The molecule has 124 valence electrons. The molecular formula is C19H20N2O3. The zero-order chi connectivity index (χ0) is 17.3. The first-order valence-corrected chi connectivity index (χ1v) is 7.84. The number of benzene rings is 2. The topological polar surface area (TPSA) is 58.6 Å². The first-order chi connectivity index (χ1) is 11.5. The molecule has 3 rings (SSSR count). The first kappa shape index (κ1) is 16.1. The van der Waals surface area contributed by atoms with Gasteiger partial charge in [-0.25, -0.2) is 4.90 Å². The number of imide groups is 1. The fourth-order valence-corrected chi connectivity index (χ4v) is 2.85. The monoisotopic (exact) mass is 324 g/mol. The van der Waals surface area contributed by atoms with Crippen LogP contribution >= 0.6 is 0 Å². The highest BCUT2D eigenvalue weighted by Crippen LogP contribution is 2.28. The number of aryl methyl sites for hydroxylation is 2. The molecule has 0 spiro atoms. The molecular weight excluding hydrogens is 304 g/mol. The number of ether oxygens (including phenoxy) is 1. The molecule has 24 heavy (non-hydrogen) atoms. The van der Waals surface area contributed by atoms with E-state index in [9.17, 15) is 9.59 Å². The fourth-order valence-electron chi connectivity index (χ4n) is 2.85. The van der Waals surface area contributed by atoms with Gasteiger partial charge in [-0.15, -0.1) is 0 Å². The molecule has 1 atom stereocenters. The molecule has 1 saturated heterocycles. The SMILES string of the molecule is COc1ccc(NC2CC(=O)N(c3cc(C)ccc3C)C2=O)cc1. The second-order valence-corrected chi connectivity index (χ2v) is 5.99. The van der Waals surface area contributed by atoms with Crippen LogP contribution < -0.4 is 15.0 Å². The van der Waals surface area contributed by atoms with Crippen molar-refractivity contribution in [3.8, 4) is 5.75 Å². The molecule has 1 heterocycles. The number of nitrogens with one attached hydrogen (secondary N) is 1. The van der Waals surface area contributed by atoms with Crippen LogP contribution in [-0.4, -0.2) is 25.0 Å². The Labute approximate surface area is 141 Å². The number of anilines is 2. The van der Waals surface area contributed by atoms with E-state index >= 15 is 0 Å². The third-order valence-corrected chi connectivity index (χ3v) is 4.18. The van der Waals surface area contributed by atoms with Crippen LogP contribution in [-0.2, 0) is 9.59 Å². The second kappa shape index (κ2) is 6.35. The number of rotatable bonds is 4. The maximum Gasteiger partial charge on any atom is 0.256 e. The summed E-state index contributed by atoms with van der Waals surface area (Å²) >= 11 is 0. The number of hydrogen-bond acceptors (Lipinski definition) is 4. The van der Waals surface area contributed by atoms with Crippen LogP contribution in [0.15, 0.2) is 42.5 Å². The van der Waals surface area contributed by atoms with E-state index in [2.05, 4.69) is 5.32 Å². The summed E-state index contributed by atoms with van der Waals surface area (Å²) in [5, 5.41) is 3.14. The Bertz CT molecular complexity index is 784. The number of carbonyl (C=O) groups is 2. The smallest absolute Gasteiger partial charge is 0.256 e. The Morgan fingerprint density at radius 2 is 1.79 bits per heavy atom. The van der Waals surface area contributed by atoms with Gasteiger partial charge in [-0.05, 0) is 55.3 Å². The van der Waals surface area contributed by atoms with Gasteiger partial charge in [0.25, 0.3) is 5.91 Å². The zero-order valence-corrected chi connectivity index (χ0v) is 14.0. The van der Waals surface area contributed by atoms with Gasteiger partial charge < -0.3 is 10.1 Å². The van der Waals surface area contributed by atoms with E-state index in [1.807, 2.05) is 56.3 Å². The Kier molecular flexibility index (Phi) is 4.25. The Balaban J connectivity index is 1.82. The van der Waals surface area contributed by atoms with Crippen molar-refractivity contribution < 1.29 is 14.3 Å². The summed E-state index contributed by atoms with van der Waals surface area (Å²) in [6.45, 7) is 3.85. The van der Waals surface area contributed by atoms with Crippen LogP contribution in [0.1, 0.15) is 17.5 Å². The summed E-state index contributed by atoms with van der Waals surface area (Å²) in [5.74, 6) is 0.343. The van der Waals surface area contributed by atoms with Crippen molar-refractivity contribution >= 4 is 23.2 Å². The second-order valence-electron chi connectivity index (χ2n) is 5.99. The standard InChI is InChI=1S/C19H20N2O3/c1-12-4-5-13(2)17(10-12)21-18(22)11-16(19(21)23)20-14-6-8-15(24-3)9-7-14/h4-10,16,20H,11H2,1-3H3. The van der Waals surface area contributed by atoms with Crippen molar-refractivity contribution in [2.24, 2.45) is 0 Å². The number of nitrogens with zero attached hydrogens (tertiary/aromatic N) is 1. The molecule has 2 aromatic carbocycles. The molecule has 0 bridgehead atoms. The average molecular weight is 324 g/mol. The Morgan fingerprint density at radius 3 is 2.46 bits per heavy atom. The van der Waals surface area contributed by atoms with Gasteiger partial charge in [0, 0.05) is 5.69 Å². The average Bonchev–Trinajstić information content (AvgIpc) is 2.84. The van der Waals surface area contributed by atoms with Crippen LogP contribution in [0.4, 0.5) is 11.4 Å². The van der Waals surface area contributed by atoms with Crippen LogP contribution in [0.2, 0.25) is 0 Å². The molecule has 2 amide bonds. The minimum Gasteiger partial charge on any atom is -0.497 e. The van der Waals surface area contributed by atoms with Crippen LogP contribution in [0.5, 0.6) is 5.75 Å². The van der Waals surface area contributed by atoms with Crippen molar-refractivity contribution in [3.63, 3.8) is 0 Å². The quantitative estimate of drug-likeness (QED) is 0.878. The number of hydrogen-bond donors (Lipinski definition) is 1. The van der Waals surface area contributed by atoms with E-state index in [1.165, 1.54) is 4.90 Å². The van der Waals surface area contributed by atoms with Gasteiger partial charge in [0.15, 0.2) is 0 Å². The zero-order valence-electron chi connectivity index (χ0n) is 14.0. The molecule has 1 unspecified atom stereocenters. The number of amides is 2. The van der Waals surface area contributed by atoms with Crippen molar-refractivity contribution in [1.29, 1.82) is 0 Å². The molecule has 2 aromatic rings. The molecule has 0 saturated carbocycles. The highest BCUT2D eigenvalue weighted by molar-refractivity contribution is 6.23. The van der Waals surface area contributed by atoms with Gasteiger partial charge in [0.05, 0.1) is 19.2 Å². The molecule has 5 nitrogen and oxygen atoms in total. The van der Waals surface area contributed by atoms with E-state index in [4.69, 9.17) is 4.74 Å². The summed E-state index contributed by atoms with van der Waals surface area (Å²) in [5.41, 5.74) is 3.38. The minimum atomic E-state index is -0.550. The lowest BCUT2D eigenvalue weighted by molar-refractivity contribution is -0.121. The van der Waals surface area contributed by atoms with Crippen molar-refractivity contribution in [1.82, 2.24) is 0 Å². The maximum absolute atomic E-state index is 12.7. The molecule has 0 aliphatic carbocycles. The third-order valence-electron chi connectivity index (χ3n) is 4.18. The van der Waals surface area contributed by atoms with Crippen molar-refractivity contribution in [3.05, 3.63) is 53.6 Å². The lowest BCUT2D eigenvalue weighted by Crippen LogP contribution is -2.35. The summed E-state index contributed by atoms with van der Waals surface area (Å²) in [7, 11) is 1.60. The summed E-state index contributed by atoms with van der Waals surface area (Å²) in [4.78, 5) is 26.4. The predicted octanol–water partition coefficient (Wildman–Crippen LogP) is 3.06. The number of methoxy groups -OCH3 is 1. The van der Waals surface area contributed by atoms with E-state index < -0.39 is 6.04 Å². The van der Waals surface area contributed by atoms with Gasteiger partial charge in [-0.1, -0.05) is 12.1 Å². The van der Waals surface area contributed by atoms with Crippen LogP contribution in [0.3, 0.4) is 0 Å². The van der Waals surface area contributed by atoms with Crippen LogP contribution in [0, 0.1) is 13.8 Å². The molecule has 1 fully saturated rings. The largest absolute Gasteiger partial charge is 0.497 e. The van der Waals surface area contributed by atoms with E-state index in [1.54, 1.807) is 7.11 Å². The van der Waals surface area contributed by atoms with Crippen molar-refractivity contribution in [2.45, 2.75) is 26.3 Å². The minimum absolute atomic E-state index is 0.151. The fraction of sp³-hybridized carbons (Fsp3) is 0.263. The van der Waals surface area contributed by atoms with Gasteiger partial charge in [-0.3, -0.25) is 9.59 Å². The molecule has 5 heteroatoms. The van der Waals surface area contributed by atoms with Crippen LogP contribution in [0.25, 0.3) is 0 Å². The lowest BCUT2D eigenvalue weighted by atomic mass is 10.1. The summed E-state index contributed by atoms with van der Waals surface area (Å²) < 4.78 is 5.12. The highest BCUT2D eigenvalue weighted by Gasteiger charge is 2.40. The van der Waals surface area contributed by atoms with Gasteiger partial charge in [0.1, 0.15) is 11.8 Å². The third kappa shape index (κ3) is 2.97. The Morgan fingerprint density at radius 1 is 1.08 bits per heavy atom. The molecule has 0 aromatic heterocycles. The molecule has 1 N–H and O–H groups in total.